The van der Waals surface area contributed by atoms with Crippen LogP contribution in [0.4, 0.5) is 5.69 Å². The second kappa shape index (κ2) is 5.78. The molecule has 3 rings (SSSR count). The molecule has 0 fully saturated rings. The van der Waals surface area contributed by atoms with Crippen LogP contribution >= 0.6 is 11.6 Å². The molecule has 0 aliphatic heterocycles. The van der Waals surface area contributed by atoms with E-state index in [4.69, 9.17) is 11.6 Å². The number of allylic oxidation sites excluding steroid dienone is 2. The van der Waals surface area contributed by atoms with E-state index in [1.54, 1.807) is 0 Å². The molecule has 0 aromatic heterocycles. The Morgan fingerprint density at radius 2 is 1.48 bits per heavy atom. The van der Waals surface area contributed by atoms with Crippen LogP contribution in [-0.2, 0) is 6.54 Å². The third-order valence-corrected chi connectivity index (χ3v) is 3.95. The largest absolute Gasteiger partial charge is 0.505 e. The summed E-state index contributed by atoms with van der Waals surface area (Å²) in [6, 6.07) is 9.32. The molecule has 0 radical (unpaired) electrons. The summed E-state index contributed by atoms with van der Waals surface area (Å²) in [7, 11) is 0. The zero-order chi connectivity index (χ0) is 16.6. The summed E-state index contributed by atoms with van der Waals surface area (Å²) in [4.78, 5) is 23.8. The number of phenols is 2. The van der Waals surface area contributed by atoms with Crippen molar-refractivity contribution in [3.8, 4) is 11.5 Å². The van der Waals surface area contributed by atoms with Crippen molar-refractivity contribution in [1.29, 1.82) is 0 Å². The number of benzene rings is 2. The summed E-state index contributed by atoms with van der Waals surface area (Å²) in [6.07, 6.45) is 2.09. The van der Waals surface area contributed by atoms with E-state index in [2.05, 4.69) is 5.32 Å². The second-order valence-corrected chi connectivity index (χ2v) is 5.42. The molecule has 5 nitrogen and oxygen atoms in total. The van der Waals surface area contributed by atoms with Crippen molar-refractivity contribution >= 4 is 28.9 Å². The van der Waals surface area contributed by atoms with E-state index in [0.29, 0.717) is 6.54 Å². The van der Waals surface area contributed by atoms with Crippen LogP contribution in [0.25, 0.3) is 0 Å². The standard InChI is InChI=1S/C17H12ClNO4/c18-14-15(19-8-9-4-2-1-3-5-9)17(23)13-11(21)7-6-10(20)12(13)16(14)22/h1-7,19,22-23H,8H2. The van der Waals surface area contributed by atoms with E-state index in [1.165, 1.54) is 0 Å². The zero-order valence-electron chi connectivity index (χ0n) is 11.8. The Morgan fingerprint density at radius 3 is 2.09 bits per heavy atom. The van der Waals surface area contributed by atoms with E-state index in [-0.39, 0.29) is 21.8 Å². The van der Waals surface area contributed by atoms with Gasteiger partial charge in [-0.1, -0.05) is 41.9 Å². The molecule has 116 valence electrons. The maximum absolute atomic E-state index is 12.0. The number of nitrogens with one attached hydrogen (secondary N) is 1. The van der Waals surface area contributed by atoms with Crippen LogP contribution in [0.1, 0.15) is 26.3 Å². The summed E-state index contributed by atoms with van der Waals surface area (Å²) in [5.74, 6) is -2.10. The third kappa shape index (κ3) is 2.55. The second-order valence-electron chi connectivity index (χ2n) is 5.04. The van der Waals surface area contributed by atoms with Crippen LogP contribution in [0.2, 0.25) is 5.02 Å². The lowest BCUT2D eigenvalue weighted by atomic mass is 9.92. The highest BCUT2D eigenvalue weighted by Gasteiger charge is 2.31. The molecule has 23 heavy (non-hydrogen) atoms. The first-order chi connectivity index (χ1) is 11.0. The lowest BCUT2D eigenvalue weighted by Crippen LogP contribution is -2.14. The number of fused-ring (bicyclic) bond motifs is 1. The van der Waals surface area contributed by atoms with Gasteiger partial charge in [-0.2, -0.15) is 0 Å². The summed E-state index contributed by atoms with van der Waals surface area (Å²) < 4.78 is 0. The van der Waals surface area contributed by atoms with Crippen molar-refractivity contribution in [3.63, 3.8) is 0 Å². The van der Waals surface area contributed by atoms with E-state index in [0.717, 1.165) is 17.7 Å². The van der Waals surface area contributed by atoms with Gasteiger partial charge in [0.25, 0.3) is 0 Å². The Hall–Kier alpha value is -2.79. The molecule has 0 spiro atoms. The third-order valence-electron chi connectivity index (χ3n) is 3.58. The molecule has 1 aliphatic rings. The average Bonchev–Trinajstić information content (AvgIpc) is 2.55. The number of hydrogen-bond donors (Lipinski definition) is 3. The van der Waals surface area contributed by atoms with Crippen LogP contribution in [0.15, 0.2) is 42.5 Å². The number of aromatic hydroxyl groups is 2. The number of ketones is 2. The van der Waals surface area contributed by atoms with E-state index < -0.39 is 23.1 Å². The number of rotatable bonds is 3. The number of halogens is 1. The van der Waals surface area contributed by atoms with Gasteiger partial charge in [-0.25, -0.2) is 0 Å². The Labute approximate surface area is 136 Å². The van der Waals surface area contributed by atoms with Gasteiger partial charge in [0, 0.05) is 6.54 Å². The van der Waals surface area contributed by atoms with E-state index in [9.17, 15) is 19.8 Å². The quantitative estimate of drug-likeness (QED) is 0.594. The summed E-state index contributed by atoms with van der Waals surface area (Å²) in [5, 5.41) is 23.2. The molecule has 0 unspecified atom stereocenters. The van der Waals surface area contributed by atoms with Crippen LogP contribution in [0, 0.1) is 0 Å². The minimum absolute atomic E-state index is 0.0169. The Balaban J connectivity index is 2.06. The predicted molar refractivity (Wildman–Crippen MR) is 86.4 cm³/mol. The Kier molecular flexibility index (Phi) is 3.80. The first kappa shape index (κ1) is 15.1. The highest BCUT2D eigenvalue weighted by Crippen LogP contribution is 2.46. The van der Waals surface area contributed by atoms with Crippen molar-refractivity contribution in [2.24, 2.45) is 0 Å². The zero-order valence-corrected chi connectivity index (χ0v) is 12.6. The first-order valence-electron chi connectivity index (χ1n) is 6.82. The topological polar surface area (TPSA) is 86.6 Å². The minimum Gasteiger partial charge on any atom is -0.505 e. The fourth-order valence-electron chi connectivity index (χ4n) is 2.44. The molecule has 0 atom stereocenters. The van der Waals surface area contributed by atoms with Gasteiger partial charge in [-0.15, -0.1) is 0 Å². The Morgan fingerprint density at radius 1 is 0.913 bits per heavy atom. The monoisotopic (exact) mass is 329 g/mol. The summed E-state index contributed by atoms with van der Waals surface area (Å²) in [6.45, 7) is 0.324. The van der Waals surface area contributed by atoms with Crippen LogP contribution in [0.5, 0.6) is 11.5 Å². The van der Waals surface area contributed by atoms with Gasteiger partial charge in [0.15, 0.2) is 17.3 Å². The average molecular weight is 330 g/mol. The lowest BCUT2D eigenvalue weighted by Gasteiger charge is -2.19. The number of carbonyl (C=O) groups is 2. The smallest absolute Gasteiger partial charge is 0.190 e. The van der Waals surface area contributed by atoms with Crippen molar-refractivity contribution in [2.75, 3.05) is 5.32 Å². The lowest BCUT2D eigenvalue weighted by molar-refractivity contribution is 0.0989. The van der Waals surface area contributed by atoms with Gasteiger partial charge in [0.1, 0.15) is 16.5 Å². The molecule has 6 heteroatoms. The van der Waals surface area contributed by atoms with Crippen LogP contribution in [0.3, 0.4) is 0 Å². The van der Waals surface area contributed by atoms with Crippen molar-refractivity contribution < 1.29 is 19.8 Å². The summed E-state index contributed by atoms with van der Waals surface area (Å²) >= 11 is 6.05. The molecule has 1 aliphatic carbocycles. The van der Waals surface area contributed by atoms with Crippen LogP contribution < -0.4 is 5.32 Å². The number of hydrogen-bond acceptors (Lipinski definition) is 5. The molecular weight excluding hydrogens is 318 g/mol. The highest BCUT2D eigenvalue weighted by atomic mass is 35.5. The SMILES string of the molecule is O=C1C=CC(=O)c2c(O)c(NCc3ccccc3)c(Cl)c(O)c21. The maximum Gasteiger partial charge on any atom is 0.190 e. The Bertz CT molecular complexity index is 844. The fourth-order valence-corrected chi connectivity index (χ4v) is 2.69. The molecule has 2 aromatic rings. The van der Waals surface area contributed by atoms with E-state index in [1.807, 2.05) is 30.3 Å². The van der Waals surface area contributed by atoms with Gasteiger partial charge >= 0.3 is 0 Å². The van der Waals surface area contributed by atoms with Gasteiger partial charge in [-0.05, 0) is 17.7 Å². The highest BCUT2D eigenvalue weighted by molar-refractivity contribution is 6.37. The van der Waals surface area contributed by atoms with Gasteiger partial charge in [0.05, 0.1) is 11.1 Å². The molecule has 0 saturated carbocycles. The maximum atomic E-state index is 12.0. The molecule has 0 saturated heterocycles. The summed E-state index contributed by atoms with van der Waals surface area (Å²) in [5.41, 5.74) is 0.422. The van der Waals surface area contributed by atoms with Gasteiger partial charge in [0.2, 0.25) is 0 Å². The molecule has 0 amide bonds. The van der Waals surface area contributed by atoms with Crippen molar-refractivity contribution in [2.45, 2.75) is 6.54 Å². The number of phenolic OH excluding ortho intramolecular Hbond substituents is 2. The number of carbonyl (C=O) groups excluding carboxylic acids is 2. The van der Waals surface area contributed by atoms with Gasteiger partial charge < -0.3 is 15.5 Å². The molecule has 0 heterocycles. The normalized spacial score (nSPS) is 13.1. The molecule has 0 bridgehead atoms. The predicted octanol–water partition coefficient (Wildman–Crippen LogP) is 3.30. The molecular formula is C17H12ClNO4. The van der Waals surface area contributed by atoms with Crippen molar-refractivity contribution in [3.05, 3.63) is 64.2 Å². The van der Waals surface area contributed by atoms with Gasteiger partial charge in [-0.3, -0.25) is 9.59 Å². The fraction of sp³-hybridized carbons (Fsp3) is 0.0588. The van der Waals surface area contributed by atoms with Crippen molar-refractivity contribution in [1.82, 2.24) is 0 Å². The molecule has 2 aromatic carbocycles. The first-order valence-corrected chi connectivity index (χ1v) is 7.20. The minimum atomic E-state index is -0.580. The van der Waals surface area contributed by atoms with Crippen LogP contribution in [-0.4, -0.2) is 21.8 Å². The molecule has 3 N–H and O–H groups in total. The number of anilines is 1. The van der Waals surface area contributed by atoms with E-state index >= 15 is 0 Å².